The molecule has 1 aliphatic heterocycles. The second kappa shape index (κ2) is 2.57. The molecule has 0 aromatic heterocycles. The summed E-state index contributed by atoms with van der Waals surface area (Å²) in [5.41, 5.74) is 0. The lowest BCUT2D eigenvalue weighted by atomic mass is 9.87. The van der Waals surface area contributed by atoms with Gasteiger partial charge in [0.25, 0.3) is 0 Å². The molecule has 0 unspecified atom stereocenters. The predicted molar refractivity (Wildman–Crippen MR) is 41.3 cm³/mol. The molecule has 3 nitrogen and oxygen atoms in total. The summed E-state index contributed by atoms with van der Waals surface area (Å²) < 4.78 is 4.92. The Balaban J connectivity index is 2.14. The van der Waals surface area contributed by atoms with Crippen LogP contribution in [-0.2, 0) is 14.3 Å². The van der Waals surface area contributed by atoms with Gasteiger partial charge < -0.3 is 4.74 Å². The Morgan fingerprint density at radius 1 is 1.33 bits per heavy atom. The third kappa shape index (κ3) is 1.04. The molecular formula is C9H12O3. The van der Waals surface area contributed by atoms with Gasteiger partial charge in [-0.05, 0) is 5.92 Å². The topological polar surface area (TPSA) is 43.4 Å². The highest BCUT2D eigenvalue weighted by Gasteiger charge is 2.43. The number of ketones is 1. The summed E-state index contributed by atoms with van der Waals surface area (Å²) in [5.74, 6) is 0.827. The molecular weight excluding hydrogens is 156 g/mol. The average Bonchev–Trinajstić information content (AvgIpc) is 2.28. The molecule has 0 amide bonds. The highest BCUT2D eigenvalue weighted by Crippen LogP contribution is 2.39. The smallest absolute Gasteiger partial charge is 0.306 e. The summed E-state index contributed by atoms with van der Waals surface area (Å²) in [7, 11) is 0. The van der Waals surface area contributed by atoms with Crippen molar-refractivity contribution in [2.45, 2.75) is 19.8 Å². The zero-order valence-corrected chi connectivity index (χ0v) is 7.08. The van der Waals surface area contributed by atoms with E-state index in [1.807, 2.05) is 6.92 Å². The second-order valence-electron chi connectivity index (χ2n) is 3.77. The van der Waals surface area contributed by atoms with Crippen LogP contribution < -0.4 is 0 Å². The van der Waals surface area contributed by atoms with E-state index in [0.717, 1.165) is 0 Å². The van der Waals surface area contributed by atoms with Crippen molar-refractivity contribution in [3.8, 4) is 0 Å². The number of carbonyl (C=O) groups excluding carboxylic acids is 2. The number of cyclic esters (lactones) is 1. The van der Waals surface area contributed by atoms with E-state index in [1.54, 1.807) is 0 Å². The van der Waals surface area contributed by atoms with Crippen molar-refractivity contribution >= 4 is 11.8 Å². The van der Waals surface area contributed by atoms with Crippen molar-refractivity contribution in [3.63, 3.8) is 0 Å². The van der Waals surface area contributed by atoms with Gasteiger partial charge in [-0.25, -0.2) is 0 Å². The maximum absolute atomic E-state index is 11.3. The number of Topliss-reactive ketones (excluding diaryl/α,β-unsaturated/α-hetero) is 1. The minimum atomic E-state index is -0.141. The van der Waals surface area contributed by atoms with Crippen LogP contribution in [0.5, 0.6) is 0 Å². The van der Waals surface area contributed by atoms with Crippen LogP contribution in [0.4, 0.5) is 0 Å². The van der Waals surface area contributed by atoms with E-state index in [-0.39, 0.29) is 17.8 Å². The number of fused-ring (bicyclic) bond motifs is 1. The Bertz CT molecular complexity index is 232. The summed E-state index contributed by atoms with van der Waals surface area (Å²) in [4.78, 5) is 22.2. The normalized spacial score (nSPS) is 40.9. The Hall–Kier alpha value is -0.860. The summed E-state index contributed by atoms with van der Waals surface area (Å²) in [6, 6.07) is 0. The van der Waals surface area contributed by atoms with Gasteiger partial charge in [0.05, 0.1) is 6.61 Å². The van der Waals surface area contributed by atoms with Gasteiger partial charge in [-0.2, -0.15) is 0 Å². The molecule has 3 atom stereocenters. The van der Waals surface area contributed by atoms with Gasteiger partial charge in [0.1, 0.15) is 5.78 Å². The van der Waals surface area contributed by atoms with E-state index in [2.05, 4.69) is 0 Å². The third-order valence-electron chi connectivity index (χ3n) is 3.08. The lowest BCUT2D eigenvalue weighted by molar-refractivity contribution is -0.152. The SMILES string of the molecule is C[C@@H]1C(=O)C[C@H]2CC(=O)OC[C@H]21. The molecule has 1 heterocycles. The highest BCUT2D eigenvalue weighted by atomic mass is 16.5. The summed E-state index contributed by atoms with van der Waals surface area (Å²) in [5, 5.41) is 0. The molecule has 0 N–H and O–H groups in total. The van der Waals surface area contributed by atoms with Crippen LogP contribution in [0.2, 0.25) is 0 Å². The van der Waals surface area contributed by atoms with Crippen LogP contribution in [-0.4, -0.2) is 18.4 Å². The Morgan fingerprint density at radius 3 is 2.83 bits per heavy atom. The van der Waals surface area contributed by atoms with Gasteiger partial charge in [0.2, 0.25) is 0 Å². The van der Waals surface area contributed by atoms with Crippen molar-refractivity contribution in [3.05, 3.63) is 0 Å². The predicted octanol–water partition coefficient (Wildman–Crippen LogP) is 0.775. The number of ether oxygens (including phenoxy) is 1. The standard InChI is InChI=1S/C9H12O3/c1-5-7-4-12-9(11)3-6(7)2-8(5)10/h5-7H,2-4H2,1H3/t5-,6-,7-/m0/s1. The molecule has 12 heavy (non-hydrogen) atoms. The van der Waals surface area contributed by atoms with Gasteiger partial charge in [-0.3, -0.25) is 9.59 Å². The monoisotopic (exact) mass is 168 g/mol. The zero-order valence-electron chi connectivity index (χ0n) is 7.08. The number of hydrogen-bond donors (Lipinski definition) is 0. The van der Waals surface area contributed by atoms with Crippen LogP contribution in [0.25, 0.3) is 0 Å². The largest absolute Gasteiger partial charge is 0.465 e. The summed E-state index contributed by atoms with van der Waals surface area (Å²) in [6.07, 6.45) is 1.03. The lowest BCUT2D eigenvalue weighted by Gasteiger charge is -2.25. The van der Waals surface area contributed by atoms with Gasteiger partial charge in [-0.1, -0.05) is 6.92 Å². The Morgan fingerprint density at radius 2 is 2.08 bits per heavy atom. The van der Waals surface area contributed by atoms with E-state index in [4.69, 9.17) is 4.74 Å². The molecule has 2 aliphatic rings. The van der Waals surface area contributed by atoms with E-state index in [1.165, 1.54) is 0 Å². The molecule has 1 aliphatic carbocycles. The zero-order chi connectivity index (χ0) is 8.72. The van der Waals surface area contributed by atoms with E-state index in [0.29, 0.717) is 31.1 Å². The first kappa shape index (κ1) is 7.77. The van der Waals surface area contributed by atoms with Crippen molar-refractivity contribution in [2.75, 3.05) is 6.61 Å². The first-order valence-electron chi connectivity index (χ1n) is 4.37. The second-order valence-corrected chi connectivity index (χ2v) is 3.77. The van der Waals surface area contributed by atoms with Crippen molar-refractivity contribution in [1.29, 1.82) is 0 Å². The molecule has 3 heteroatoms. The molecule has 0 aromatic rings. The molecule has 0 spiro atoms. The van der Waals surface area contributed by atoms with Gasteiger partial charge in [-0.15, -0.1) is 0 Å². The van der Waals surface area contributed by atoms with Crippen molar-refractivity contribution < 1.29 is 14.3 Å². The highest BCUT2D eigenvalue weighted by molar-refractivity contribution is 5.85. The fraction of sp³-hybridized carbons (Fsp3) is 0.778. The van der Waals surface area contributed by atoms with Gasteiger partial charge in [0.15, 0.2) is 0 Å². The number of rotatable bonds is 0. The molecule has 2 fully saturated rings. The Labute approximate surface area is 71.1 Å². The van der Waals surface area contributed by atoms with E-state index >= 15 is 0 Å². The lowest BCUT2D eigenvalue weighted by Crippen LogP contribution is -2.29. The molecule has 1 saturated heterocycles. The first-order valence-corrected chi connectivity index (χ1v) is 4.37. The molecule has 66 valence electrons. The minimum Gasteiger partial charge on any atom is -0.465 e. The van der Waals surface area contributed by atoms with E-state index < -0.39 is 0 Å². The maximum atomic E-state index is 11.3. The summed E-state index contributed by atoms with van der Waals surface area (Å²) in [6.45, 7) is 2.39. The van der Waals surface area contributed by atoms with E-state index in [9.17, 15) is 9.59 Å². The van der Waals surface area contributed by atoms with Gasteiger partial charge >= 0.3 is 5.97 Å². The maximum Gasteiger partial charge on any atom is 0.306 e. The van der Waals surface area contributed by atoms with Crippen molar-refractivity contribution in [2.24, 2.45) is 17.8 Å². The quantitative estimate of drug-likeness (QED) is 0.502. The molecule has 0 bridgehead atoms. The number of esters is 1. The van der Waals surface area contributed by atoms with Crippen LogP contribution in [0, 0.1) is 17.8 Å². The molecule has 0 radical (unpaired) electrons. The Kier molecular flexibility index (Phi) is 1.67. The molecule has 2 rings (SSSR count). The van der Waals surface area contributed by atoms with Crippen LogP contribution in [0.15, 0.2) is 0 Å². The summed E-state index contributed by atoms with van der Waals surface area (Å²) >= 11 is 0. The third-order valence-corrected chi connectivity index (χ3v) is 3.08. The fourth-order valence-electron chi connectivity index (χ4n) is 2.21. The first-order chi connectivity index (χ1) is 5.68. The number of carbonyl (C=O) groups is 2. The molecule has 1 saturated carbocycles. The minimum absolute atomic E-state index is 0.100. The van der Waals surface area contributed by atoms with Crippen LogP contribution in [0.1, 0.15) is 19.8 Å². The fourth-order valence-corrected chi connectivity index (χ4v) is 2.21. The van der Waals surface area contributed by atoms with Gasteiger partial charge in [0, 0.05) is 24.7 Å². The average molecular weight is 168 g/mol. The van der Waals surface area contributed by atoms with Crippen molar-refractivity contribution in [1.82, 2.24) is 0 Å². The molecule has 0 aromatic carbocycles. The van der Waals surface area contributed by atoms with Crippen LogP contribution in [0.3, 0.4) is 0 Å². The van der Waals surface area contributed by atoms with Crippen LogP contribution >= 0.6 is 0 Å². The number of hydrogen-bond acceptors (Lipinski definition) is 3.